The summed E-state index contributed by atoms with van der Waals surface area (Å²) >= 11 is 6.33. The van der Waals surface area contributed by atoms with Gasteiger partial charge in [-0.1, -0.05) is 29.8 Å². The Bertz CT molecular complexity index is 1400. The zero-order chi connectivity index (χ0) is 23.0. The van der Waals surface area contributed by atoms with Gasteiger partial charge >= 0.3 is 0 Å². The molecule has 3 aromatic heterocycles. The van der Waals surface area contributed by atoms with E-state index in [4.69, 9.17) is 17.3 Å². The lowest BCUT2D eigenvalue weighted by molar-refractivity contribution is 0.410. The van der Waals surface area contributed by atoms with E-state index < -0.39 is 10.0 Å². The van der Waals surface area contributed by atoms with Crippen molar-refractivity contribution >= 4 is 38.6 Å². The van der Waals surface area contributed by atoms with E-state index in [1.807, 2.05) is 6.07 Å². The third-order valence-electron chi connectivity index (χ3n) is 5.91. The standard InChI is InChI=1S/C23H23ClN6O2S/c24-21-13-20(28-23(29-21)27-16-10-8-15(25)9-11-16)19-14-30(22-18(19)7-4-12-26-22)33(31,32)17-5-2-1-3-6-17/h1-7,12-16H,8-11,25H2,(H,27,28,29)/t15-,16-. The Morgan fingerprint density at radius 2 is 1.79 bits per heavy atom. The summed E-state index contributed by atoms with van der Waals surface area (Å²) < 4.78 is 27.9. The second-order valence-electron chi connectivity index (χ2n) is 8.19. The molecule has 8 nitrogen and oxygen atoms in total. The van der Waals surface area contributed by atoms with E-state index in [0.29, 0.717) is 28.2 Å². The second kappa shape index (κ2) is 8.74. The van der Waals surface area contributed by atoms with Gasteiger partial charge < -0.3 is 11.1 Å². The number of nitrogens with one attached hydrogen (secondary N) is 1. The van der Waals surface area contributed by atoms with Crippen molar-refractivity contribution < 1.29 is 8.42 Å². The van der Waals surface area contributed by atoms with Crippen LogP contribution in [0.3, 0.4) is 0 Å². The van der Waals surface area contributed by atoms with Crippen LogP contribution in [0, 0.1) is 0 Å². The van der Waals surface area contributed by atoms with Gasteiger partial charge in [0.25, 0.3) is 10.0 Å². The first-order valence-corrected chi connectivity index (χ1v) is 12.6. The lowest BCUT2D eigenvalue weighted by Crippen LogP contribution is -2.33. The van der Waals surface area contributed by atoms with Crippen LogP contribution in [0.4, 0.5) is 5.95 Å². The van der Waals surface area contributed by atoms with Gasteiger partial charge in [-0.25, -0.2) is 27.3 Å². The van der Waals surface area contributed by atoms with Crippen LogP contribution in [-0.2, 0) is 10.0 Å². The van der Waals surface area contributed by atoms with Gasteiger partial charge in [-0.05, 0) is 49.9 Å². The van der Waals surface area contributed by atoms with Gasteiger partial charge in [0.2, 0.25) is 5.95 Å². The van der Waals surface area contributed by atoms with E-state index in [9.17, 15) is 8.42 Å². The number of pyridine rings is 1. The first-order chi connectivity index (χ1) is 15.9. The fourth-order valence-corrected chi connectivity index (χ4v) is 5.72. The van der Waals surface area contributed by atoms with Crippen LogP contribution in [0.5, 0.6) is 0 Å². The van der Waals surface area contributed by atoms with E-state index in [2.05, 4.69) is 20.3 Å². The molecule has 0 radical (unpaired) electrons. The van der Waals surface area contributed by atoms with Crippen molar-refractivity contribution in [2.24, 2.45) is 5.73 Å². The molecule has 0 aliphatic heterocycles. The average molecular weight is 483 g/mol. The molecule has 1 aliphatic carbocycles. The molecular formula is C23H23ClN6O2S. The predicted octanol–water partition coefficient (Wildman–Crippen LogP) is 4.07. The Balaban J connectivity index is 1.58. The Kier molecular flexibility index (Phi) is 5.77. The van der Waals surface area contributed by atoms with Gasteiger partial charge in [-0.15, -0.1) is 0 Å². The number of hydrogen-bond donors (Lipinski definition) is 2. The van der Waals surface area contributed by atoms with E-state index in [1.165, 1.54) is 3.97 Å². The smallest absolute Gasteiger partial charge is 0.269 e. The van der Waals surface area contributed by atoms with Crippen molar-refractivity contribution in [3.05, 3.63) is 66.1 Å². The zero-order valence-electron chi connectivity index (χ0n) is 17.7. The molecule has 33 heavy (non-hydrogen) atoms. The Morgan fingerprint density at radius 1 is 1.03 bits per heavy atom. The highest BCUT2D eigenvalue weighted by Crippen LogP contribution is 2.32. The van der Waals surface area contributed by atoms with Crippen LogP contribution in [0.15, 0.2) is 65.8 Å². The molecule has 5 rings (SSSR count). The summed E-state index contributed by atoms with van der Waals surface area (Å²) in [5, 5.41) is 4.28. The Labute approximate surface area is 196 Å². The molecule has 1 aliphatic rings. The molecule has 0 bridgehead atoms. The molecule has 4 aromatic rings. The molecule has 3 N–H and O–H groups in total. The molecule has 0 amide bonds. The van der Waals surface area contributed by atoms with E-state index in [-0.39, 0.29) is 22.1 Å². The molecule has 3 heterocycles. The molecule has 0 atom stereocenters. The molecule has 1 aromatic carbocycles. The quantitative estimate of drug-likeness (QED) is 0.412. The SMILES string of the molecule is N[C@H]1CC[C@H](Nc2nc(Cl)cc(-c3cn(S(=O)(=O)c4ccccc4)c4ncccc34)n2)CC1. The highest BCUT2D eigenvalue weighted by Gasteiger charge is 2.24. The van der Waals surface area contributed by atoms with Crippen molar-refractivity contribution in [2.75, 3.05) is 5.32 Å². The minimum absolute atomic E-state index is 0.178. The minimum Gasteiger partial charge on any atom is -0.351 e. The lowest BCUT2D eigenvalue weighted by atomic mass is 9.92. The molecule has 0 spiro atoms. The summed E-state index contributed by atoms with van der Waals surface area (Å²) in [5.41, 5.74) is 7.46. The highest BCUT2D eigenvalue weighted by atomic mass is 35.5. The fourth-order valence-electron chi connectivity index (χ4n) is 4.19. The van der Waals surface area contributed by atoms with E-state index in [1.54, 1.807) is 54.9 Å². The number of fused-ring (bicyclic) bond motifs is 1. The molecule has 10 heteroatoms. The van der Waals surface area contributed by atoms with Crippen LogP contribution in [0.25, 0.3) is 22.3 Å². The summed E-state index contributed by atoms with van der Waals surface area (Å²) in [4.78, 5) is 13.5. The first kappa shape index (κ1) is 21.8. The minimum atomic E-state index is -3.85. The third-order valence-corrected chi connectivity index (χ3v) is 7.77. The number of nitrogens with two attached hydrogens (primary N) is 1. The number of benzene rings is 1. The Hall–Kier alpha value is -3.01. The fraction of sp³-hybridized carbons (Fsp3) is 0.261. The third kappa shape index (κ3) is 4.31. The van der Waals surface area contributed by atoms with Gasteiger partial charge in [-0.2, -0.15) is 0 Å². The van der Waals surface area contributed by atoms with Crippen molar-refractivity contribution in [3.8, 4) is 11.3 Å². The molecule has 1 saturated carbocycles. The van der Waals surface area contributed by atoms with Crippen molar-refractivity contribution in [1.29, 1.82) is 0 Å². The molecular weight excluding hydrogens is 460 g/mol. The molecule has 0 saturated heterocycles. The predicted molar refractivity (Wildman–Crippen MR) is 129 cm³/mol. The number of anilines is 1. The topological polar surface area (TPSA) is 116 Å². The van der Waals surface area contributed by atoms with Gasteiger partial charge in [0.05, 0.1) is 10.6 Å². The van der Waals surface area contributed by atoms with Crippen molar-refractivity contribution in [2.45, 2.75) is 42.7 Å². The first-order valence-electron chi connectivity index (χ1n) is 10.8. The second-order valence-corrected chi connectivity index (χ2v) is 10.4. The van der Waals surface area contributed by atoms with Crippen LogP contribution in [0.2, 0.25) is 5.15 Å². The molecule has 1 fully saturated rings. The molecule has 170 valence electrons. The van der Waals surface area contributed by atoms with Gasteiger partial charge in [0.15, 0.2) is 5.65 Å². The summed E-state index contributed by atoms with van der Waals surface area (Å²) in [6.07, 6.45) is 6.87. The summed E-state index contributed by atoms with van der Waals surface area (Å²) in [6.45, 7) is 0. The average Bonchev–Trinajstić information content (AvgIpc) is 3.21. The van der Waals surface area contributed by atoms with Crippen LogP contribution >= 0.6 is 11.6 Å². The lowest BCUT2D eigenvalue weighted by Gasteiger charge is -2.26. The van der Waals surface area contributed by atoms with Crippen molar-refractivity contribution in [3.63, 3.8) is 0 Å². The summed E-state index contributed by atoms with van der Waals surface area (Å²) in [6, 6.07) is 13.9. The van der Waals surface area contributed by atoms with E-state index in [0.717, 1.165) is 25.7 Å². The van der Waals surface area contributed by atoms with Gasteiger partial charge in [0.1, 0.15) is 5.15 Å². The summed E-state index contributed by atoms with van der Waals surface area (Å²) in [7, 11) is -3.85. The normalized spacial score (nSPS) is 19.0. The zero-order valence-corrected chi connectivity index (χ0v) is 19.3. The summed E-state index contributed by atoms with van der Waals surface area (Å²) in [5.74, 6) is 0.411. The highest BCUT2D eigenvalue weighted by molar-refractivity contribution is 7.90. The molecule has 0 unspecified atom stereocenters. The monoisotopic (exact) mass is 482 g/mol. The number of nitrogens with zero attached hydrogens (tertiary/aromatic N) is 4. The number of aromatic nitrogens is 4. The van der Waals surface area contributed by atoms with E-state index >= 15 is 0 Å². The maximum atomic E-state index is 13.4. The maximum absolute atomic E-state index is 13.4. The van der Waals surface area contributed by atoms with Crippen LogP contribution in [0.1, 0.15) is 25.7 Å². The largest absolute Gasteiger partial charge is 0.351 e. The van der Waals surface area contributed by atoms with Crippen LogP contribution in [-0.4, -0.2) is 39.4 Å². The van der Waals surface area contributed by atoms with Crippen LogP contribution < -0.4 is 11.1 Å². The Morgan fingerprint density at radius 3 is 2.55 bits per heavy atom. The number of rotatable bonds is 5. The number of halogens is 1. The van der Waals surface area contributed by atoms with Gasteiger partial charge in [-0.3, -0.25) is 0 Å². The maximum Gasteiger partial charge on any atom is 0.269 e. The number of hydrogen-bond acceptors (Lipinski definition) is 7. The van der Waals surface area contributed by atoms with Crippen molar-refractivity contribution in [1.82, 2.24) is 18.9 Å². The van der Waals surface area contributed by atoms with Gasteiger partial charge in [0, 0.05) is 41.5 Å².